The molecule has 2 heterocycles. The van der Waals surface area contributed by atoms with Crippen LogP contribution in [0.4, 0.5) is 11.4 Å². The van der Waals surface area contributed by atoms with Gasteiger partial charge in [0.2, 0.25) is 0 Å². The number of aromatic carboxylic acids is 1. The second-order valence-corrected chi connectivity index (χ2v) is 5.92. The summed E-state index contributed by atoms with van der Waals surface area (Å²) in [6.07, 6.45) is 0. The van der Waals surface area contributed by atoms with Crippen molar-refractivity contribution < 1.29 is 9.90 Å². The van der Waals surface area contributed by atoms with Crippen molar-refractivity contribution in [3.63, 3.8) is 0 Å². The van der Waals surface area contributed by atoms with E-state index in [0.717, 1.165) is 39.0 Å². The lowest BCUT2D eigenvalue weighted by atomic mass is 10.1. The van der Waals surface area contributed by atoms with Crippen molar-refractivity contribution in [3.8, 4) is 0 Å². The Bertz CT molecular complexity index is 1110. The highest BCUT2D eigenvalue weighted by Crippen LogP contribution is 2.34. The topological polar surface area (TPSA) is 80.0 Å². The van der Waals surface area contributed by atoms with Crippen LogP contribution >= 0.6 is 0 Å². The van der Waals surface area contributed by atoms with E-state index in [0.29, 0.717) is 0 Å². The van der Waals surface area contributed by atoms with E-state index in [4.69, 9.17) is 10.1 Å². The van der Waals surface area contributed by atoms with Gasteiger partial charge in [0.1, 0.15) is 0 Å². The van der Waals surface area contributed by atoms with Crippen LogP contribution in [-0.4, -0.2) is 25.8 Å². The van der Waals surface area contributed by atoms with Crippen LogP contribution in [0.25, 0.3) is 21.9 Å². The van der Waals surface area contributed by atoms with Crippen molar-refractivity contribution in [2.75, 3.05) is 5.32 Å². The molecule has 0 saturated carbocycles. The van der Waals surface area contributed by atoms with Gasteiger partial charge in [-0.3, -0.25) is 4.68 Å². The summed E-state index contributed by atoms with van der Waals surface area (Å²) < 4.78 is 1.77. The second-order valence-electron chi connectivity index (χ2n) is 5.92. The minimum absolute atomic E-state index is 0.257. The van der Waals surface area contributed by atoms with Crippen LogP contribution in [0.3, 0.4) is 0 Å². The van der Waals surface area contributed by atoms with Gasteiger partial charge >= 0.3 is 5.97 Å². The Labute approximate surface area is 143 Å². The first kappa shape index (κ1) is 15.1. The van der Waals surface area contributed by atoms with E-state index in [1.165, 1.54) is 0 Å². The maximum atomic E-state index is 11.0. The number of rotatable bonds is 3. The van der Waals surface area contributed by atoms with E-state index in [1.807, 2.05) is 38.2 Å². The van der Waals surface area contributed by atoms with Gasteiger partial charge in [-0.15, -0.1) is 0 Å². The van der Waals surface area contributed by atoms with Crippen molar-refractivity contribution in [1.29, 1.82) is 0 Å². The molecule has 124 valence electrons. The first-order chi connectivity index (χ1) is 12.0. The van der Waals surface area contributed by atoms with Gasteiger partial charge in [0.15, 0.2) is 5.65 Å². The molecule has 0 spiro atoms. The number of nitrogens with zero attached hydrogens (tertiary/aromatic N) is 3. The Balaban J connectivity index is 1.93. The highest BCUT2D eigenvalue weighted by molar-refractivity contribution is 6.08. The van der Waals surface area contributed by atoms with Crippen molar-refractivity contribution in [2.24, 2.45) is 7.05 Å². The molecule has 0 atom stereocenters. The summed E-state index contributed by atoms with van der Waals surface area (Å²) >= 11 is 0. The Hall–Kier alpha value is -3.41. The first-order valence-corrected chi connectivity index (χ1v) is 7.87. The molecule has 0 unspecified atom stereocenters. The van der Waals surface area contributed by atoms with Crippen LogP contribution in [-0.2, 0) is 7.05 Å². The molecule has 4 aromatic rings. The number of nitrogens with one attached hydrogen (secondary N) is 1. The fraction of sp³-hybridized carbons (Fsp3) is 0.105. The summed E-state index contributed by atoms with van der Waals surface area (Å²) in [4.78, 5) is 15.7. The van der Waals surface area contributed by atoms with Crippen LogP contribution in [0.15, 0.2) is 48.5 Å². The zero-order valence-electron chi connectivity index (χ0n) is 13.8. The van der Waals surface area contributed by atoms with E-state index < -0.39 is 5.97 Å². The number of anilines is 2. The molecular weight excluding hydrogens is 316 g/mol. The zero-order valence-corrected chi connectivity index (χ0v) is 13.8. The molecule has 4 rings (SSSR count). The number of carboxylic acids is 1. The number of benzene rings is 2. The average Bonchev–Trinajstić information content (AvgIpc) is 2.89. The highest BCUT2D eigenvalue weighted by Gasteiger charge is 2.15. The van der Waals surface area contributed by atoms with E-state index >= 15 is 0 Å². The van der Waals surface area contributed by atoms with Gasteiger partial charge in [-0.2, -0.15) is 5.10 Å². The molecule has 6 heteroatoms. The Kier molecular flexibility index (Phi) is 3.39. The minimum atomic E-state index is -0.939. The summed E-state index contributed by atoms with van der Waals surface area (Å²) in [5, 5.41) is 18.9. The van der Waals surface area contributed by atoms with Crippen molar-refractivity contribution in [1.82, 2.24) is 14.8 Å². The Morgan fingerprint density at radius 1 is 1.12 bits per heavy atom. The lowest BCUT2D eigenvalue weighted by Crippen LogP contribution is -1.98. The number of aromatic nitrogens is 3. The monoisotopic (exact) mass is 332 g/mol. The Morgan fingerprint density at radius 2 is 1.84 bits per heavy atom. The van der Waals surface area contributed by atoms with E-state index in [9.17, 15) is 4.79 Å². The third-order valence-electron chi connectivity index (χ3n) is 4.24. The molecule has 0 aliphatic heterocycles. The van der Waals surface area contributed by atoms with E-state index in [1.54, 1.807) is 28.9 Å². The van der Waals surface area contributed by atoms with Gasteiger partial charge in [-0.05, 0) is 37.3 Å². The molecule has 2 aromatic heterocycles. The predicted octanol–water partition coefficient (Wildman–Crippen LogP) is 3.87. The van der Waals surface area contributed by atoms with Crippen molar-refractivity contribution >= 4 is 39.3 Å². The molecular formula is C19H16N4O2. The molecule has 0 aliphatic rings. The average molecular weight is 332 g/mol. The molecule has 0 radical (unpaired) electrons. The molecule has 0 aliphatic carbocycles. The standard InChI is InChI=1S/C19H16N4O2/c1-11-16-17(20-13-9-7-12(8-10-13)19(24)25)14-5-3-4-6-15(14)21-18(16)23(2)22-11/h3-10H,1-2H3,(H,20,21)(H,24,25). The minimum Gasteiger partial charge on any atom is -0.478 e. The van der Waals surface area contributed by atoms with E-state index in [2.05, 4.69) is 10.4 Å². The van der Waals surface area contributed by atoms with Gasteiger partial charge in [0.05, 0.1) is 27.8 Å². The molecule has 2 aromatic carbocycles. The number of carbonyl (C=O) groups is 1. The van der Waals surface area contributed by atoms with Gasteiger partial charge < -0.3 is 10.4 Å². The largest absolute Gasteiger partial charge is 0.478 e. The molecule has 0 fully saturated rings. The highest BCUT2D eigenvalue weighted by atomic mass is 16.4. The summed E-state index contributed by atoms with van der Waals surface area (Å²) in [5.74, 6) is -0.939. The number of pyridine rings is 1. The summed E-state index contributed by atoms with van der Waals surface area (Å²) in [6, 6.07) is 14.6. The summed E-state index contributed by atoms with van der Waals surface area (Å²) in [6.45, 7) is 1.96. The summed E-state index contributed by atoms with van der Waals surface area (Å²) in [7, 11) is 1.88. The fourth-order valence-corrected chi connectivity index (χ4v) is 3.07. The maximum Gasteiger partial charge on any atom is 0.335 e. The number of carboxylic acid groups (broad SMARTS) is 1. The smallest absolute Gasteiger partial charge is 0.335 e. The lowest BCUT2D eigenvalue weighted by Gasteiger charge is -2.12. The normalized spacial score (nSPS) is 11.1. The first-order valence-electron chi connectivity index (χ1n) is 7.87. The molecule has 25 heavy (non-hydrogen) atoms. The van der Waals surface area contributed by atoms with Gasteiger partial charge in [0, 0.05) is 18.1 Å². The van der Waals surface area contributed by atoms with Crippen LogP contribution in [0.5, 0.6) is 0 Å². The van der Waals surface area contributed by atoms with E-state index in [-0.39, 0.29) is 5.56 Å². The number of aryl methyl sites for hydroxylation is 2. The third-order valence-corrected chi connectivity index (χ3v) is 4.24. The number of hydrogen-bond acceptors (Lipinski definition) is 4. The maximum absolute atomic E-state index is 11.0. The van der Waals surface area contributed by atoms with Crippen LogP contribution in [0, 0.1) is 6.92 Å². The Morgan fingerprint density at radius 3 is 2.56 bits per heavy atom. The van der Waals surface area contributed by atoms with Gasteiger partial charge in [-0.1, -0.05) is 18.2 Å². The number of para-hydroxylation sites is 1. The summed E-state index contributed by atoms with van der Waals surface area (Å²) in [5.41, 5.74) is 4.57. The van der Waals surface area contributed by atoms with Crippen LogP contribution < -0.4 is 5.32 Å². The SMILES string of the molecule is Cc1nn(C)c2nc3ccccc3c(Nc3ccc(C(=O)O)cc3)c12. The second kappa shape index (κ2) is 5.59. The fourth-order valence-electron chi connectivity index (χ4n) is 3.07. The molecule has 0 bridgehead atoms. The van der Waals surface area contributed by atoms with Crippen molar-refractivity contribution in [2.45, 2.75) is 6.92 Å². The molecule has 0 amide bonds. The molecule has 2 N–H and O–H groups in total. The third kappa shape index (κ3) is 2.48. The van der Waals surface area contributed by atoms with Crippen LogP contribution in [0.2, 0.25) is 0 Å². The van der Waals surface area contributed by atoms with Gasteiger partial charge in [0.25, 0.3) is 0 Å². The lowest BCUT2D eigenvalue weighted by molar-refractivity contribution is 0.0697. The quantitative estimate of drug-likeness (QED) is 0.595. The zero-order chi connectivity index (χ0) is 17.6. The number of fused-ring (bicyclic) bond motifs is 2. The van der Waals surface area contributed by atoms with Gasteiger partial charge in [-0.25, -0.2) is 9.78 Å². The van der Waals surface area contributed by atoms with Crippen LogP contribution in [0.1, 0.15) is 16.1 Å². The van der Waals surface area contributed by atoms with Crippen molar-refractivity contribution in [3.05, 3.63) is 59.8 Å². The molecule has 6 nitrogen and oxygen atoms in total. The predicted molar refractivity (Wildman–Crippen MR) is 97.4 cm³/mol. The molecule has 0 saturated heterocycles. The number of hydrogen-bond donors (Lipinski definition) is 2.